The zero-order valence-electron chi connectivity index (χ0n) is 5.60. The molecular formula is C7H9BrO2. The lowest BCUT2D eigenvalue weighted by atomic mass is 10.1. The predicted octanol–water partition coefficient (Wildman–Crippen LogP) is 2.98. The quantitative estimate of drug-likeness (QED) is 0.615. The molecule has 1 aliphatic carbocycles. The molecule has 0 radical (unpaired) electrons. The van der Waals surface area contributed by atoms with Crippen molar-refractivity contribution in [2.24, 2.45) is 0 Å². The van der Waals surface area contributed by atoms with Crippen LogP contribution in [0.5, 0.6) is 0 Å². The van der Waals surface area contributed by atoms with Gasteiger partial charge >= 0.3 is 4.88 Å². The Morgan fingerprint density at radius 1 is 1.60 bits per heavy atom. The zero-order chi connectivity index (χ0) is 7.40. The molecule has 0 spiro atoms. The van der Waals surface area contributed by atoms with Crippen LogP contribution >= 0.6 is 15.9 Å². The fourth-order valence-electron chi connectivity index (χ4n) is 1.00. The molecule has 10 heavy (non-hydrogen) atoms. The number of carbonyl (C=O) groups excluding carboxylic acids is 1. The van der Waals surface area contributed by atoms with E-state index in [-0.39, 0.29) is 4.88 Å². The molecule has 0 saturated carbocycles. The van der Waals surface area contributed by atoms with E-state index in [2.05, 4.69) is 15.9 Å². The molecular weight excluding hydrogens is 196 g/mol. The minimum absolute atomic E-state index is 0.388. The van der Waals surface area contributed by atoms with Gasteiger partial charge in [-0.2, -0.15) is 0 Å². The van der Waals surface area contributed by atoms with Gasteiger partial charge in [0.2, 0.25) is 0 Å². The fraction of sp³-hybridized carbons (Fsp3) is 0.571. The van der Waals surface area contributed by atoms with Crippen LogP contribution in [0, 0.1) is 0 Å². The summed E-state index contributed by atoms with van der Waals surface area (Å²) in [5, 5.41) is 0. The van der Waals surface area contributed by atoms with Crippen LogP contribution in [0.3, 0.4) is 0 Å². The number of halogens is 1. The maximum atomic E-state index is 10.4. The summed E-state index contributed by atoms with van der Waals surface area (Å²) in [6.07, 6.45) is 6.26. The topological polar surface area (TPSA) is 26.3 Å². The first kappa shape index (κ1) is 7.79. The van der Waals surface area contributed by atoms with E-state index >= 15 is 0 Å². The summed E-state index contributed by atoms with van der Waals surface area (Å²) < 4.78 is 4.83. The van der Waals surface area contributed by atoms with Gasteiger partial charge in [-0.1, -0.05) is 0 Å². The van der Waals surface area contributed by atoms with Crippen LogP contribution in [0.15, 0.2) is 11.8 Å². The molecule has 56 valence electrons. The van der Waals surface area contributed by atoms with E-state index in [0.29, 0.717) is 0 Å². The van der Waals surface area contributed by atoms with E-state index in [1.165, 1.54) is 6.42 Å². The lowest BCUT2D eigenvalue weighted by molar-refractivity contribution is 0.201. The average Bonchev–Trinajstić information content (AvgIpc) is 1.88. The first-order chi connectivity index (χ1) is 4.79. The Morgan fingerprint density at radius 2 is 2.40 bits per heavy atom. The molecule has 0 saturated heterocycles. The second-order valence-corrected chi connectivity index (χ2v) is 2.90. The molecule has 3 heteroatoms. The maximum Gasteiger partial charge on any atom is 0.379 e. The van der Waals surface area contributed by atoms with Gasteiger partial charge in [-0.15, -0.1) is 0 Å². The molecule has 0 aromatic carbocycles. The van der Waals surface area contributed by atoms with E-state index < -0.39 is 0 Å². The molecule has 0 aromatic rings. The first-order valence-electron chi connectivity index (χ1n) is 3.35. The molecule has 0 N–H and O–H groups in total. The molecule has 0 bridgehead atoms. The van der Waals surface area contributed by atoms with Crippen LogP contribution in [-0.4, -0.2) is 4.88 Å². The van der Waals surface area contributed by atoms with Crippen molar-refractivity contribution in [1.29, 1.82) is 0 Å². The van der Waals surface area contributed by atoms with Gasteiger partial charge in [0.15, 0.2) is 0 Å². The van der Waals surface area contributed by atoms with Crippen molar-refractivity contribution >= 4 is 20.8 Å². The number of carbonyl (C=O) groups is 1. The normalized spacial score (nSPS) is 17.9. The number of hydrogen-bond acceptors (Lipinski definition) is 2. The van der Waals surface area contributed by atoms with Gasteiger partial charge < -0.3 is 4.74 Å². The van der Waals surface area contributed by atoms with Gasteiger partial charge in [0.1, 0.15) is 5.76 Å². The molecule has 0 fully saturated rings. The van der Waals surface area contributed by atoms with Gasteiger partial charge in [-0.05, 0) is 25.3 Å². The van der Waals surface area contributed by atoms with Gasteiger partial charge in [-0.25, -0.2) is 4.79 Å². The highest BCUT2D eigenvalue weighted by Crippen LogP contribution is 2.19. The first-order valence-corrected chi connectivity index (χ1v) is 4.14. The van der Waals surface area contributed by atoms with E-state index in [1.54, 1.807) is 0 Å². The molecule has 0 unspecified atom stereocenters. The van der Waals surface area contributed by atoms with Gasteiger partial charge in [0.25, 0.3) is 0 Å². The summed E-state index contributed by atoms with van der Waals surface area (Å²) in [5.41, 5.74) is 0. The third-order valence-electron chi connectivity index (χ3n) is 1.46. The number of ether oxygens (including phenoxy) is 1. The molecule has 1 aliphatic rings. The van der Waals surface area contributed by atoms with E-state index in [0.717, 1.165) is 25.0 Å². The Kier molecular flexibility index (Phi) is 2.93. The van der Waals surface area contributed by atoms with Crippen molar-refractivity contribution in [2.75, 3.05) is 0 Å². The lowest BCUT2D eigenvalue weighted by Gasteiger charge is -2.09. The van der Waals surface area contributed by atoms with Gasteiger partial charge in [-0.3, -0.25) is 0 Å². The summed E-state index contributed by atoms with van der Waals surface area (Å²) in [4.78, 5) is 9.98. The highest BCUT2D eigenvalue weighted by Gasteiger charge is 2.06. The molecule has 2 nitrogen and oxygen atoms in total. The smallest absolute Gasteiger partial charge is 0.379 e. The van der Waals surface area contributed by atoms with E-state index in [4.69, 9.17) is 4.74 Å². The van der Waals surface area contributed by atoms with Gasteiger partial charge in [0, 0.05) is 22.4 Å². The second-order valence-electron chi connectivity index (χ2n) is 2.26. The zero-order valence-corrected chi connectivity index (χ0v) is 7.19. The Labute approximate surface area is 68.4 Å². The summed E-state index contributed by atoms with van der Waals surface area (Å²) in [6.45, 7) is 0. The second kappa shape index (κ2) is 3.76. The van der Waals surface area contributed by atoms with Crippen molar-refractivity contribution in [3.8, 4) is 0 Å². The number of allylic oxidation sites excluding steroid dienone is 2. The van der Waals surface area contributed by atoms with Crippen LogP contribution in [-0.2, 0) is 4.74 Å². The molecule has 0 atom stereocenters. The van der Waals surface area contributed by atoms with Crippen molar-refractivity contribution in [3.63, 3.8) is 0 Å². The van der Waals surface area contributed by atoms with Crippen LogP contribution < -0.4 is 0 Å². The van der Waals surface area contributed by atoms with E-state index in [9.17, 15) is 4.79 Å². The third kappa shape index (κ3) is 2.52. The Bertz CT molecular complexity index is 163. The van der Waals surface area contributed by atoms with Crippen molar-refractivity contribution in [3.05, 3.63) is 11.8 Å². The Hall–Kier alpha value is -0.310. The molecule has 0 amide bonds. The minimum Gasteiger partial charge on any atom is -0.423 e. The summed E-state index contributed by atoms with van der Waals surface area (Å²) >= 11 is 2.71. The Morgan fingerprint density at radius 3 is 2.90 bits per heavy atom. The van der Waals surface area contributed by atoms with Crippen LogP contribution in [0.2, 0.25) is 0 Å². The summed E-state index contributed by atoms with van der Waals surface area (Å²) in [7, 11) is 0. The molecule has 1 rings (SSSR count). The monoisotopic (exact) mass is 204 g/mol. The van der Waals surface area contributed by atoms with Gasteiger partial charge in [0.05, 0.1) is 0 Å². The fourth-order valence-corrected chi connectivity index (χ4v) is 1.21. The van der Waals surface area contributed by atoms with E-state index in [1.807, 2.05) is 6.08 Å². The maximum absolute atomic E-state index is 10.4. The third-order valence-corrected chi connectivity index (χ3v) is 1.62. The molecule has 0 aromatic heterocycles. The summed E-state index contributed by atoms with van der Waals surface area (Å²) in [5.74, 6) is 0.813. The number of rotatable bonds is 1. The highest BCUT2D eigenvalue weighted by atomic mass is 79.9. The van der Waals surface area contributed by atoms with Crippen LogP contribution in [0.4, 0.5) is 4.79 Å². The SMILES string of the molecule is O=C(Br)OC1=CCCCC1. The largest absolute Gasteiger partial charge is 0.423 e. The van der Waals surface area contributed by atoms with Crippen molar-refractivity contribution < 1.29 is 9.53 Å². The standard InChI is InChI=1S/C7H9BrO2/c8-7(9)10-6-4-2-1-3-5-6/h4H,1-3,5H2. The minimum atomic E-state index is -0.388. The average molecular weight is 205 g/mol. The molecule has 0 heterocycles. The number of hydrogen-bond donors (Lipinski definition) is 0. The lowest BCUT2D eigenvalue weighted by Crippen LogP contribution is -1.98. The molecule has 0 aliphatic heterocycles. The Balaban J connectivity index is 2.38. The summed E-state index contributed by atoms with van der Waals surface area (Å²) in [6, 6.07) is 0. The predicted molar refractivity (Wildman–Crippen MR) is 42.0 cm³/mol. The van der Waals surface area contributed by atoms with Crippen molar-refractivity contribution in [2.45, 2.75) is 25.7 Å². The van der Waals surface area contributed by atoms with Crippen LogP contribution in [0.25, 0.3) is 0 Å². The van der Waals surface area contributed by atoms with Crippen molar-refractivity contribution in [1.82, 2.24) is 0 Å². The van der Waals surface area contributed by atoms with Crippen LogP contribution in [0.1, 0.15) is 25.7 Å². The highest BCUT2D eigenvalue weighted by molar-refractivity contribution is 9.18.